The van der Waals surface area contributed by atoms with Crippen molar-refractivity contribution in [2.75, 3.05) is 19.7 Å². The molecule has 1 aliphatic rings. The van der Waals surface area contributed by atoms with E-state index in [1.165, 1.54) is 64.2 Å². The van der Waals surface area contributed by atoms with E-state index in [2.05, 4.69) is 26.1 Å². The van der Waals surface area contributed by atoms with E-state index in [9.17, 15) is 0 Å². The Morgan fingerprint density at radius 2 is 1.85 bits per heavy atom. The summed E-state index contributed by atoms with van der Waals surface area (Å²) in [5.41, 5.74) is 0.136. The van der Waals surface area contributed by atoms with Crippen LogP contribution in [0.2, 0.25) is 0 Å². The third-order valence-electron chi connectivity index (χ3n) is 4.65. The van der Waals surface area contributed by atoms with Crippen molar-refractivity contribution in [2.45, 2.75) is 90.6 Å². The Labute approximate surface area is 127 Å². The molecule has 1 rings (SSSR count). The molecule has 120 valence electrons. The third kappa shape index (κ3) is 7.08. The Bertz CT molecular complexity index is 231. The number of ether oxygens (including phenoxy) is 1. The quantitative estimate of drug-likeness (QED) is 0.543. The molecular weight excluding hydrogens is 246 g/mol. The maximum atomic E-state index is 6.39. The van der Waals surface area contributed by atoms with Gasteiger partial charge < -0.3 is 10.1 Å². The zero-order valence-electron chi connectivity index (χ0n) is 14.2. The van der Waals surface area contributed by atoms with Gasteiger partial charge >= 0.3 is 0 Å². The van der Waals surface area contributed by atoms with Crippen molar-refractivity contribution in [3.63, 3.8) is 0 Å². The Hall–Kier alpha value is -0.0800. The van der Waals surface area contributed by atoms with Crippen LogP contribution in [0.5, 0.6) is 0 Å². The largest absolute Gasteiger partial charge is 0.374 e. The van der Waals surface area contributed by atoms with Crippen LogP contribution in [-0.4, -0.2) is 25.3 Å². The molecule has 0 bridgehead atoms. The first kappa shape index (κ1) is 18.0. The fraction of sp³-hybridized carbons (Fsp3) is 1.00. The fourth-order valence-electron chi connectivity index (χ4n) is 3.48. The highest BCUT2D eigenvalue weighted by Gasteiger charge is 2.35. The molecule has 2 nitrogen and oxygen atoms in total. The molecule has 1 fully saturated rings. The highest BCUT2D eigenvalue weighted by molar-refractivity contribution is 4.89. The lowest BCUT2D eigenvalue weighted by atomic mass is 9.78. The van der Waals surface area contributed by atoms with E-state index in [1.54, 1.807) is 0 Å². The van der Waals surface area contributed by atoms with Crippen LogP contribution >= 0.6 is 0 Å². The molecule has 20 heavy (non-hydrogen) atoms. The van der Waals surface area contributed by atoms with Gasteiger partial charge in [0.1, 0.15) is 0 Å². The minimum Gasteiger partial charge on any atom is -0.374 e. The Balaban J connectivity index is 2.23. The van der Waals surface area contributed by atoms with Gasteiger partial charge in [0.25, 0.3) is 0 Å². The minimum absolute atomic E-state index is 0.136. The number of likely N-dealkylation sites (N-methyl/N-ethyl adjacent to an activating group) is 1. The standard InChI is InChI=1S/C18H37NO/c1-4-6-7-8-9-10-14-20-18(16-19-5-2)13-11-12-17(3)15-18/h17,19H,4-16H2,1-3H3. The van der Waals surface area contributed by atoms with Gasteiger partial charge in [-0.1, -0.05) is 65.7 Å². The average molecular weight is 284 g/mol. The predicted molar refractivity (Wildman–Crippen MR) is 88.2 cm³/mol. The van der Waals surface area contributed by atoms with Gasteiger partial charge in [0, 0.05) is 13.2 Å². The van der Waals surface area contributed by atoms with Gasteiger partial charge in [-0.05, 0) is 31.7 Å². The van der Waals surface area contributed by atoms with Gasteiger partial charge in [-0.15, -0.1) is 0 Å². The smallest absolute Gasteiger partial charge is 0.0808 e. The molecule has 2 atom stereocenters. The molecule has 0 aromatic rings. The van der Waals surface area contributed by atoms with Crippen LogP contribution in [-0.2, 0) is 4.74 Å². The van der Waals surface area contributed by atoms with Crippen molar-refractivity contribution in [2.24, 2.45) is 5.92 Å². The first-order chi connectivity index (χ1) is 9.72. The minimum atomic E-state index is 0.136. The second-order valence-corrected chi connectivity index (χ2v) is 6.78. The number of nitrogens with one attached hydrogen (secondary N) is 1. The summed E-state index contributed by atoms with van der Waals surface area (Å²) in [5.74, 6) is 0.826. The molecule has 0 aromatic carbocycles. The predicted octanol–water partition coefficient (Wildman–Crippen LogP) is 4.92. The molecular formula is C18H37NO. The van der Waals surface area contributed by atoms with Gasteiger partial charge in [0.05, 0.1) is 5.60 Å². The summed E-state index contributed by atoms with van der Waals surface area (Å²) in [5, 5.41) is 3.52. The van der Waals surface area contributed by atoms with Crippen molar-refractivity contribution in [1.82, 2.24) is 5.32 Å². The second kappa shape index (κ2) is 10.6. The van der Waals surface area contributed by atoms with E-state index in [4.69, 9.17) is 4.74 Å². The molecule has 0 spiro atoms. The Morgan fingerprint density at radius 1 is 1.10 bits per heavy atom. The summed E-state index contributed by atoms with van der Waals surface area (Å²) in [4.78, 5) is 0. The molecule has 0 heterocycles. The molecule has 0 amide bonds. The Kier molecular flexibility index (Phi) is 9.54. The van der Waals surface area contributed by atoms with Crippen molar-refractivity contribution in [1.29, 1.82) is 0 Å². The topological polar surface area (TPSA) is 21.3 Å². The van der Waals surface area contributed by atoms with E-state index in [0.29, 0.717) is 0 Å². The molecule has 1 N–H and O–H groups in total. The van der Waals surface area contributed by atoms with Crippen LogP contribution < -0.4 is 5.32 Å². The summed E-state index contributed by atoms with van der Waals surface area (Å²) in [6.45, 7) is 9.91. The number of rotatable bonds is 11. The van der Waals surface area contributed by atoms with Gasteiger partial charge in [-0.25, -0.2) is 0 Å². The van der Waals surface area contributed by atoms with Crippen molar-refractivity contribution in [3.05, 3.63) is 0 Å². The van der Waals surface area contributed by atoms with E-state index in [-0.39, 0.29) is 5.60 Å². The van der Waals surface area contributed by atoms with Crippen molar-refractivity contribution >= 4 is 0 Å². The lowest BCUT2D eigenvalue weighted by molar-refractivity contribution is -0.0802. The highest BCUT2D eigenvalue weighted by Crippen LogP contribution is 2.35. The van der Waals surface area contributed by atoms with Gasteiger partial charge in [0.15, 0.2) is 0 Å². The Morgan fingerprint density at radius 3 is 2.55 bits per heavy atom. The third-order valence-corrected chi connectivity index (χ3v) is 4.65. The summed E-state index contributed by atoms with van der Waals surface area (Å²) in [6.07, 6.45) is 13.3. The molecule has 0 aromatic heterocycles. The van der Waals surface area contributed by atoms with Crippen molar-refractivity contribution in [3.8, 4) is 0 Å². The SMILES string of the molecule is CCCCCCCCOC1(CNCC)CCCC(C)C1. The summed E-state index contributed by atoms with van der Waals surface area (Å²) < 4.78 is 6.39. The molecule has 0 saturated heterocycles. The molecule has 2 unspecified atom stereocenters. The van der Waals surface area contributed by atoms with Crippen LogP contribution in [0.25, 0.3) is 0 Å². The van der Waals surface area contributed by atoms with E-state index in [0.717, 1.165) is 25.6 Å². The number of hydrogen-bond donors (Lipinski definition) is 1. The molecule has 0 aliphatic heterocycles. The van der Waals surface area contributed by atoms with Crippen LogP contribution in [0.3, 0.4) is 0 Å². The average Bonchev–Trinajstić information content (AvgIpc) is 2.44. The lowest BCUT2D eigenvalue weighted by Gasteiger charge is -2.40. The molecule has 2 heteroatoms. The second-order valence-electron chi connectivity index (χ2n) is 6.78. The van der Waals surface area contributed by atoms with Crippen LogP contribution in [0.4, 0.5) is 0 Å². The summed E-state index contributed by atoms with van der Waals surface area (Å²) >= 11 is 0. The van der Waals surface area contributed by atoms with Gasteiger partial charge in [-0.3, -0.25) is 0 Å². The van der Waals surface area contributed by atoms with E-state index >= 15 is 0 Å². The van der Waals surface area contributed by atoms with E-state index < -0.39 is 0 Å². The zero-order chi connectivity index (χ0) is 14.7. The zero-order valence-corrected chi connectivity index (χ0v) is 14.2. The van der Waals surface area contributed by atoms with Crippen molar-refractivity contribution < 1.29 is 4.74 Å². The maximum Gasteiger partial charge on any atom is 0.0808 e. The first-order valence-corrected chi connectivity index (χ1v) is 9.07. The fourth-order valence-corrected chi connectivity index (χ4v) is 3.48. The molecule has 1 aliphatic carbocycles. The number of unbranched alkanes of at least 4 members (excludes halogenated alkanes) is 5. The summed E-state index contributed by atoms with van der Waals surface area (Å²) in [7, 11) is 0. The molecule has 0 radical (unpaired) electrons. The van der Waals surface area contributed by atoms with Gasteiger partial charge in [-0.2, -0.15) is 0 Å². The maximum absolute atomic E-state index is 6.39. The summed E-state index contributed by atoms with van der Waals surface area (Å²) in [6, 6.07) is 0. The monoisotopic (exact) mass is 283 g/mol. The number of hydrogen-bond acceptors (Lipinski definition) is 2. The van der Waals surface area contributed by atoms with Crippen LogP contribution in [0.1, 0.15) is 85.0 Å². The first-order valence-electron chi connectivity index (χ1n) is 9.07. The highest BCUT2D eigenvalue weighted by atomic mass is 16.5. The van der Waals surface area contributed by atoms with Gasteiger partial charge in [0.2, 0.25) is 0 Å². The lowest BCUT2D eigenvalue weighted by Crippen LogP contribution is -2.46. The van der Waals surface area contributed by atoms with E-state index in [1.807, 2.05) is 0 Å². The van der Waals surface area contributed by atoms with Crippen LogP contribution in [0, 0.1) is 5.92 Å². The van der Waals surface area contributed by atoms with Crippen LogP contribution in [0.15, 0.2) is 0 Å². The molecule has 1 saturated carbocycles. The normalized spacial score (nSPS) is 26.9.